The molecule has 1 heterocycles. The van der Waals surface area contributed by atoms with Crippen LogP contribution in [-0.2, 0) is 11.2 Å². The number of hydrogen-bond donors (Lipinski definition) is 0. The first-order valence-corrected chi connectivity index (χ1v) is 4.88. The Morgan fingerprint density at radius 3 is 3.00 bits per heavy atom. The summed E-state index contributed by atoms with van der Waals surface area (Å²) >= 11 is 0. The van der Waals surface area contributed by atoms with Gasteiger partial charge in [-0.2, -0.15) is 0 Å². The normalized spacial score (nSPS) is 9.33. The zero-order valence-electron chi connectivity index (χ0n) is 8.81. The molecule has 0 aromatic carbocycles. The van der Waals surface area contributed by atoms with E-state index in [-0.39, 0.29) is 5.91 Å². The third-order valence-corrected chi connectivity index (χ3v) is 2.09. The number of aromatic nitrogens is 1. The van der Waals surface area contributed by atoms with Gasteiger partial charge in [0, 0.05) is 18.9 Å². The topological polar surface area (TPSA) is 33.2 Å². The van der Waals surface area contributed by atoms with Gasteiger partial charge in [-0.25, -0.2) is 0 Å². The second-order valence-electron chi connectivity index (χ2n) is 3.15. The van der Waals surface area contributed by atoms with Crippen LogP contribution < -0.4 is 0 Å². The van der Waals surface area contributed by atoms with Crippen LogP contribution in [0.15, 0.2) is 24.5 Å². The Labute approximate surface area is 90.1 Å². The number of amides is 1. The molecule has 1 rings (SSSR count). The molecule has 0 bridgehead atoms. The fourth-order valence-corrected chi connectivity index (χ4v) is 1.28. The summed E-state index contributed by atoms with van der Waals surface area (Å²) < 4.78 is 0. The van der Waals surface area contributed by atoms with Crippen LogP contribution in [0.3, 0.4) is 0 Å². The molecule has 1 aromatic rings. The lowest BCUT2D eigenvalue weighted by Crippen LogP contribution is -2.32. The zero-order valence-corrected chi connectivity index (χ0v) is 8.81. The second-order valence-corrected chi connectivity index (χ2v) is 3.15. The summed E-state index contributed by atoms with van der Waals surface area (Å²) in [5.41, 5.74) is 0.915. The summed E-state index contributed by atoms with van der Waals surface area (Å²) in [6, 6.07) is 3.70. The van der Waals surface area contributed by atoms with E-state index in [4.69, 9.17) is 6.42 Å². The van der Waals surface area contributed by atoms with Crippen LogP contribution >= 0.6 is 0 Å². The molecule has 0 spiro atoms. The lowest BCUT2D eigenvalue weighted by molar-refractivity contribution is -0.129. The van der Waals surface area contributed by atoms with E-state index in [1.54, 1.807) is 17.3 Å². The average molecular weight is 202 g/mol. The van der Waals surface area contributed by atoms with Gasteiger partial charge in [0.2, 0.25) is 5.91 Å². The van der Waals surface area contributed by atoms with Crippen molar-refractivity contribution in [3.05, 3.63) is 30.1 Å². The number of rotatable bonds is 4. The monoisotopic (exact) mass is 202 g/mol. The van der Waals surface area contributed by atoms with E-state index in [0.717, 1.165) is 5.56 Å². The predicted octanol–water partition coefficient (Wildman–Crippen LogP) is 1.11. The van der Waals surface area contributed by atoms with Gasteiger partial charge in [-0.1, -0.05) is 12.0 Å². The van der Waals surface area contributed by atoms with Crippen LogP contribution in [0.5, 0.6) is 0 Å². The Morgan fingerprint density at radius 1 is 1.67 bits per heavy atom. The SMILES string of the molecule is C#CCN(CC)C(=O)Cc1cccnc1. The molecule has 78 valence electrons. The molecule has 0 N–H and O–H groups in total. The van der Waals surface area contributed by atoms with Gasteiger partial charge in [-0.3, -0.25) is 9.78 Å². The molecule has 3 heteroatoms. The highest BCUT2D eigenvalue weighted by molar-refractivity contribution is 5.78. The Balaban J connectivity index is 2.59. The van der Waals surface area contributed by atoms with E-state index in [2.05, 4.69) is 10.9 Å². The summed E-state index contributed by atoms with van der Waals surface area (Å²) in [6.07, 6.45) is 8.93. The maximum absolute atomic E-state index is 11.7. The summed E-state index contributed by atoms with van der Waals surface area (Å²) in [5, 5.41) is 0. The molecule has 0 saturated heterocycles. The van der Waals surface area contributed by atoms with Crippen molar-refractivity contribution in [2.24, 2.45) is 0 Å². The largest absolute Gasteiger partial charge is 0.332 e. The van der Waals surface area contributed by atoms with Crippen LogP contribution in [0.4, 0.5) is 0 Å². The van der Waals surface area contributed by atoms with Gasteiger partial charge in [0.1, 0.15) is 0 Å². The molecular formula is C12H14N2O. The fraction of sp³-hybridized carbons (Fsp3) is 0.333. The van der Waals surface area contributed by atoms with Gasteiger partial charge in [-0.05, 0) is 18.6 Å². The van der Waals surface area contributed by atoms with Crippen LogP contribution in [0.25, 0.3) is 0 Å². The van der Waals surface area contributed by atoms with Gasteiger partial charge in [-0.15, -0.1) is 6.42 Å². The Kier molecular flexibility index (Phi) is 4.36. The maximum Gasteiger partial charge on any atom is 0.227 e. The Hall–Kier alpha value is -1.82. The van der Waals surface area contributed by atoms with Crippen molar-refractivity contribution in [1.82, 2.24) is 9.88 Å². The summed E-state index contributed by atoms with van der Waals surface area (Å²) in [4.78, 5) is 17.3. The van der Waals surface area contributed by atoms with E-state index in [1.807, 2.05) is 19.1 Å². The minimum atomic E-state index is 0.0449. The number of hydrogen-bond acceptors (Lipinski definition) is 2. The molecule has 1 amide bonds. The molecular weight excluding hydrogens is 188 g/mol. The fourth-order valence-electron chi connectivity index (χ4n) is 1.28. The van der Waals surface area contributed by atoms with Crippen molar-refractivity contribution in [3.63, 3.8) is 0 Å². The van der Waals surface area contributed by atoms with Crippen LogP contribution in [-0.4, -0.2) is 28.9 Å². The van der Waals surface area contributed by atoms with Crippen molar-refractivity contribution < 1.29 is 4.79 Å². The zero-order chi connectivity index (χ0) is 11.1. The molecule has 0 atom stereocenters. The molecule has 0 saturated carbocycles. The lowest BCUT2D eigenvalue weighted by atomic mass is 10.2. The highest BCUT2D eigenvalue weighted by atomic mass is 16.2. The molecule has 0 fully saturated rings. The van der Waals surface area contributed by atoms with E-state index >= 15 is 0 Å². The van der Waals surface area contributed by atoms with E-state index in [0.29, 0.717) is 19.5 Å². The van der Waals surface area contributed by atoms with Crippen LogP contribution in [0.1, 0.15) is 12.5 Å². The number of likely N-dealkylation sites (N-methyl/N-ethyl adjacent to an activating group) is 1. The van der Waals surface area contributed by atoms with Gasteiger partial charge in [0.05, 0.1) is 13.0 Å². The molecule has 0 aliphatic heterocycles. The first-order valence-electron chi connectivity index (χ1n) is 4.88. The number of terminal acetylenes is 1. The van der Waals surface area contributed by atoms with Gasteiger partial charge < -0.3 is 4.90 Å². The van der Waals surface area contributed by atoms with Crippen molar-refractivity contribution in [2.45, 2.75) is 13.3 Å². The minimum Gasteiger partial charge on any atom is -0.332 e. The Bertz CT molecular complexity index is 354. The second kappa shape index (κ2) is 5.82. The maximum atomic E-state index is 11.7. The molecule has 3 nitrogen and oxygen atoms in total. The first kappa shape index (κ1) is 11.3. The molecule has 0 radical (unpaired) electrons. The van der Waals surface area contributed by atoms with E-state index in [9.17, 15) is 4.79 Å². The molecule has 1 aromatic heterocycles. The smallest absolute Gasteiger partial charge is 0.227 e. The van der Waals surface area contributed by atoms with Crippen molar-refractivity contribution in [2.75, 3.05) is 13.1 Å². The highest BCUT2D eigenvalue weighted by Gasteiger charge is 2.10. The third-order valence-electron chi connectivity index (χ3n) is 2.09. The number of pyridine rings is 1. The van der Waals surface area contributed by atoms with Gasteiger partial charge in [0.25, 0.3) is 0 Å². The summed E-state index contributed by atoms with van der Waals surface area (Å²) in [6.45, 7) is 2.93. The lowest BCUT2D eigenvalue weighted by Gasteiger charge is -2.17. The molecule has 0 unspecified atom stereocenters. The molecule has 0 aliphatic carbocycles. The summed E-state index contributed by atoms with van der Waals surface area (Å²) in [7, 11) is 0. The van der Waals surface area contributed by atoms with Gasteiger partial charge in [0.15, 0.2) is 0 Å². The number of nitrogens with zero attached hydrogens (tertiary/aromatic N) is 2. The standard InChI is InChI=1S/C12H14N2O/c1-3-8-14(4-2)12(15)9-11-6-5-7-13-10-11/h1,5-7,10H,4,8-9H2,2H3. The molecule has 15 heavy (non-hydrogen) atoms. The summed E-state index contributed by atoms with van der Waals surface area (Å²) in [5.74, 6) is 2.52. The minimum absolute atomic E-state index is 0.0449. The van der Waals surface area contributed by atoms with Gasteiger partial charge >= 0.3 is 0 Å². The van der Waals surface area contributed by atoms with Crippen molar-refractivity contribution in [1.29, 1.82) is 0 Å². The van der Waals surface area contributed by atoms with Crippen molar-refractivity contribution in [3.8, 4) is 12.3 Å². The van der Waals surface area contributed by atoms with E-state index < -0.39 is 0 Å². The average Bonchev–Trinajstić information content (AvgIpc) is 2.27. The first-order chi connectivity index (χ1) is 7.27. The molecule has 0 aliphatic rings. The van der Waals surface area contributed by atoms with Crippen molar-refractivity contribution >= 4 is 5.91 Å². The quantitative estimate of drug-likeness (QED) is 0.685. The highest BCUT2D eigenvalue weighted by Crippen LogP contribution is 2.00. The van der Waals surface area contributed by atoms with Crippen LogP contribution in [0.2, 0.25) is 0 Å². The van der Waals surface area contributed by atoms with E-state index in [1.165, 1.54) is 0 Å². The number of carbonyl (C=O) groups excluding carboxylic acids is 1. The predicted molar refractivity (Wildman–Crippen MR) is 59.0 cm³/mol. The number of carbonyl (C=O) groups is 1. The Morgan fingerprint density at radius 2 is 2.47 bits per heavy atom. The van der Waals surface area contributed by atoms with Crippen LogP contribution in [0, 0.1) is 12.3 Å². The third kappa shape index (κ3) is 3.43.